The van der Waals surface area contributed by atoms with Crippen LogP contribution >= 0.6 is 0 Å². The zero-order chi connectivity index (χ0) is 14.5. The standard InChI is InChI=1S/C16H22N4O/c1-2-4-13-6-9-20(10-7-13)12-15-18-19-16(21-15)14-5-3-8-17-11-14/h3,5,8,11,13H,2,4,6-7,9-10,12H2,1H3. The molecule has 5 heteroatoms. The molecule has 0 saturated carbocycles. The number of aromatic nitrogens is 3. The van der Waals surface area contributed by atoms with Gasteiger partial charge in [-0.1, -0.05) is 19.8 Å². The molecule has 112 valence electrons. The number of likely N-dealkylation sites (tertiary alicyclic amines) is 1. The first-order valence-corrected chi connectivity index (χ1v) is 7.80. The number of rotatable bonds is 5. The molecule has 21 heavy (non-hydrogen) atoms. The summed E-state index contributed by atoms with van der Waals surface area (Å²) < 4.78 is 5.74. The van der Waals surface area contributed by atoms with Crippen LogP contribution in [0.1, 0.15) is 38.5 Å². The number of piperidine rings is 1. The smallest absolute Gasteiger partial charge is 0.249 e. The average Bonchev–Trinajstić information content (AvgIpc) is 2.99. The first kappa shape index (κ1) is 14.2. The van der Waals surface area contributed by atoms with Gasteiger partial charge in [0.1, 0.15) is 0 Å². The maximum absolute atomic E-state index is 5.74. The molecule has 0 aliphatic carbocycles. The van der Waals surface area contributed by atoms with Gasteiger partial charge in [-0.25, -0.2) is 0 Å². The van der Waals surface area contributed by atoms with E-state index in [1.807, 2.05) is 12.1 Å². The van der Waals surface area contributed by atoms with Gasteiger partial charge < -0.3 is 4.42 Å². The molecule has 1 aliphatic heterocycles. The first-order valence-electron chi connectivity index (χ1n) is 7.80. The Kier molecular flexibility index (Phi) is 4.60. The summed E-state index contributed by atoms with van der Waals surface area (Å²) in [6.07, 6.45) is 8.71. The van der Waals surface area contributed by atoms with Crippen molar-refractivity contribution < 1.29 is 4.42 Å². The molecule has 2 aromatic rings. The van der Waals surface area contributed by atoms with E-state index in [0.29, 0.717) is 11.8 Å². The molecule has 2 aromatic heterocycles. The largest absolute Gasteiger partial charge is 0.419 e. The highest BCUT2D eigenvalue weighted by atomic mass is 16.4. The second-order valence-electron chi connectivity index (χ2n) is 5.75. The van der Waals surface area contributed by atoms with Crippen LogP contribution in [0.15, 0.2) is 28.9 Å². The zero-order valence-electron chi connectivity index (χ0n) is 12.5. The summed E-state index contributed by atoms with van der Waals surface area (Å²) in [6, 6.07) is 3.80. The van der Waals surface area contributed by atoms with Crippen molar-refractivity contribution in [3.05, 3.63) is 30.4 Å². The molecule has 3 rings (SSSR count). The second kappa shape index (κ2) is 6.80. The van der Waals surface area contributed by atoms with E-state index in [9.17, 15) is 0 Å². The predicted octanol–water partition coefficient (Wildman–Crippen LogP) is 3.14. The van der Waals surface area contributed by atoms with Crippen LogP contribution in [0.2, 0.25) is 0 Å². The van der Waals surface area contributed by atoms with E-state index in [1.54, 1.807) is 12.4 Å². The van der Waals surface area contributed by atoms with Crippen molar-refractivity contribution in [1.29, 1.82) is 0 Å². The molecule has 3 heterocycles. The highest BCUT2D eigenvalue weighted by Gasteiger charge is 2.20. The Morgan fingerprint density at radius 3 is 2.86 bits per heavy atom. The van der Waals surface area contributed by atoms with Gasteiger partial charge in [-0.05, 0) is 44.0 Å². The molecule has 1 fully saturated rings. The topological polar surface area (TPSA) is 55.1 Å². The molecule has 0 N–H and O–H groups in total. The summed E-state index contributed by atoms with van der Waals surface area (Å²) in [5.41, 5.74) is 0.873. The van der Waals surface area contributed by atoms with Crippen LogP contribution in [0.5, 0.6) is 0 Å². The normalized spacial score (nSPS) is 17.2. The van der Waals surface area contributed by atoms with Crippen molar-refractivity contribution in [1.82, 2.24) is 20.1 Å². The second-order valence-corrected chi connectivity index (χ2v) is 5.75. The van der Waals surface area contributed by atoms with Crippen molar-refractivity contribution in [2.45, 2.75) is 39.2 Å². The molecule has 0 radical (unpaired) electrons. The Labute approximate surface area is 125 Å². The summed E-state index contributed by atoms with van der Waals surface area (Å²) in [6.45, 7) is 5.29. The maximum atomic E-state index is 5.74. The summed E-state index contributed by atoms with van der Waals surface area (Å²) >= 11 is 0. The molecular formula is C16H22N4O. The monoisotopic (exact) mass is 286 g/mol. The first-order chi connectivity index (χ1) is 10.3. The lowest BCUT2D eigenvalue weighted by molar-refractivity contribution is 0.159. The van der Waals surface area contributed by atoms with E-state index in [0.717, 1.165) is 31.1 Å². The molecule has 0 spiro atoms. The van der Waals surface area contributed by atoms with Gasteiger partial charge in [-0.3, -0.25) is 9.88 Å². The molecule has 1 aliphatic rings. The molecule has 0 aromatic carbocycles. The minimum Gasteiger partial charge on any atom is -0.419 e. The van der Waals surface area contributed by atoms with Gasteiger partial charge in [0.05, 0.1) is 12.1 Å². The van der Waals surface area contributed by atoms with Crippen molar-refractivity contribution in [3.63, 3.8) is 0 Å². The van der Waals surface area contributed by atoms with E-state index >= 15 is 0 Å². The van der Waals surface area contributed by atoms with Crippen LogP contribution in [-0.2, 0) is 6.54 Å². The van der Waals surface area contributed by atoms with Crippen LogP contribution in [0.25, 0.3) is 11.5 Å². The van der Waals surface area contributed by atoms with Crippen molar-refractivity contribution in [2.75, 3.05) is 13.1 Å². The van der Waals surface area contributed by atoms with Crippen molar-refractivity contribution in [2.24, 2.45) is 5.92 Å². The highest BCUT2D eigenvalue weighted by molar-refractivity contribution is 5.49. The minimum atomic E-state index is 0.555. The third kappa shape index (κ3) is 3.67. The van der Waals surface area contributed by atoms with Gasteiger partial charge in [0.15, 0.2) is 0 Å². The Balaban J connectivity index is 1.56. The zero-order valence-corrected chi connectivity index (χ0v) is 12.5. The van der Waals surface area contributed by atoms with Crippen molar-refractivity contribution >= 4 is 0 Å². The number of pyridine rings is 1. The molecule has 1 saturated heterocycles. The van der Waals surface area contributed by atoms with Gasteiger partial charge in [0.25, 0.3) is 0 Å². The summed E-state index contributed by atoms with van der Waals surface area (Å²) in [5.74, 6) is 2.15. The van der Waals surface area contributed by atoms with E-state index in [-0.39, 0.29) is 0 Å². The highest BCUT2D eigenvalue weighted by Crippen LogP contribution is 2.23. The van der Waals surface area contributed by atoms with Gasteiger partial charge in [0.2, 0.25) is 11.8 Å². The summed E-state index contributed by atoms with van der Waals surface area (Å²) in [5, 5.41) is 8.27. The van der Waals surface area contributed by atoms with Gasteiger partial charge in [-0.2, -0.15) is 0 Å². The van der Waals surface area contributed by atoms with Gasteiger partial charge >= 0.3 is 0 Å². The van der Waals surface area contributed by atoms with Gasteiger partial charge in [0, 0.05) is 12.4 Å². The Morgan fingerprint density at radius 2 is 2.14 bits per heavy atom. The van der Waals surface area contributed by atoms with E-state index in [1.165, 1.54) is 25.7 Å². The number of hydrogen-bond acceptors (Lipinski definition) is 5. The Morgan fingerprint density at radius 1 is 1.29 bits per heavy atom. The lowest BCUT2D eigenvalue weighted by Crippen LogP contribution is -2.33. The van der Waals surface area contributed by atoms with E-state index < -0.39 is 0 Å². The number of hydrogen-bond donors (Lipinski definition) is 0. The van der Waals surface area contributed by atoms with Crippen LogP contribution in [0, 0.1) is 5.92 Å². The fourth-order valence-corrected chi connectivity index (χ4v) is 2.96. The molecule has 5 nitrogen and oxygen atoms in total. The number of nitrogens with zero attached hydrogens (tertiary/aromatic N) is 4. The lowest BCUT2D eigenvalue weighted by atomic mass is 9.92. The van der Waals surface area contributed by atoms with Crippen LogP contribution in [0.4, 0.5) is 0 Å². The maximum Gasteiger partial charge on any atom is 0.249 e. The Hall–Kier alpha value is -1.75. The van der Waals surface area contributed by atoms with Crippen LogP contribution < -0.4 is 0 Å². The summed E-state index contributed by atoms with van der Waals surface area (Å²) in [7, 11) is 0. The van der Waals surface area contributed by atoms with E-state index in [2.05, 4.69) is 27.0 Å². The molecule has 0 amide bonds. The third-order valence-corrected chi connectivity index (χ3v) is 4.14. The molecule has 0 atom stereocenters. The fourth-order valence-electron chi connectivity index (χ4n) is 2.96. The Bertz CT molecular complexity index is 546. The molecular weight excluding hydrogens is 264 g/mol. The third-order valence-electron chi connectivity index (χ3n) is 4.14. The lowest BCUT2D eigenvalue weighted by Gasteiger charge is -2.30. The predicted molar refractivity (Wildman–Crippen MR) is 80.4 cm³/mol. The van der Waals surface area contributed by atoms with Crippen LogP contribution in [-0.4, -0.2) is 33.2 Å². The fraction of sp³-hybridized carbons (Fsp3) is 0.562. The van der Waals surface area contributed by atoms with Crippen LogP contribution in [0.3, 0.4) is 0 Å². The van der Waals surface area contributed by atoms with Crippen molar-refractivity contribution in [3.8, 4) is 11.5 Å². The average molecular weight is 286 g/mol. The molecule has 0 unspecified atom stereocenters. The quantitative estimate of drug-likeness (QED) is 0.845. The van der Waals surface area contributed by atoms with E-state index in [4.69, 9.17) is 4.42 Å². The molecule has 0 bridgehead atoms. The SMILES string of the molecule is CCCC1CCN(Cc2nnc(-c3cccnc3)o2)CC1. The minimum absolute atomic E-state index is 0.555. The summed E-state index contributed by atoms with van der Waals surface area (Å²) in [4.78, 5) is 6.48. The van der Waals surface area contributed by atoms with Gasteiger partial charge in [-0.15, -0.1) is 10.2 Å².